The lowest BCUT2D eigenvalue weighted by atomic mass is 9.99. The van der Waals surface area contributed by atoms with Gasteiger partial charge >= 0.3 is 6.11 Å². The standard InChI is InChI=1S/C30H18ClF9O/c1-2-3-15-8-21(31)28(25(35)9-15)17-12-22(32)20(23(33)13-17)6-7-30(39,40)41-18-4-5-19(24(34)14-18)16-10-26(36)29(38)27(37)11-16/h4-14H,2-3H2,1H3/b7-6+. The zero-order valence-corrected chi connectivity index (χ0v) is 21.7. The van der Waals surface area contributed by atoms with Gasteiger partial charge in [0.2, 0.25) is 0 Å². The van der Waals surface area contributed by atoms with Crippen LogP contribution in [0, 0.1) is 40.7 Å². The van der Waals surface area contributed by atoms with Gasteiger partial charge in [-0.15, -0.1) is 0 Å². The summed E-state index contributed by atoms with van der Waals surface area (Å²) in [6, 6.07) is 7.37. The first-order valence-corrected chi connectivity index (χ1v) is 12.3. The molecule has 41 heavy (non-hydrogen) atoms. The van der Waals surface area contributed by atoms with E-state index in [-0.39, 0.29) is 22.2 Å². The van der Waals surface area contributed by atoms with Crippen LogP contribution >= 0.6 is 11.6 Å². The molecule has 4 rings (SSSR count). The van der Waals surface area contributed by atoms with Gasteiger partial charge in [0, 0.05) is 28.8 Å². The van der Waals surface area contributed by atoms with Gasteiger partial charge in [-0.2, -0.15) is 8.78 Å². The van der Waals surface area contributed by atoms with E-state index in [2.05, 4.69) is 4.74 Å². The number of benzene rings is 4. The monoisotopic (exact) mass is 600 g/mol. The fourth-order valence-corrected chi connectivity index (χ4v) is 4.44. The van der Waals surface area contributed by atoms with Crippen LogP contribution in [0.25, 0.3) is 28.3 Å². The Hall–Kier alpha value is -3.92. The summed E-state index contributed by atoms with van der Waals surface area (Å²) in [6.45, 7) is 1.88. The smallest absolute Gasteiger partial charge is 0.419 e. The molecule has 0 heterocycles. The highest BCUT2D eigenvalue weighted by atomic mass is 35.5. The molecule has 0 atom stereocenters. The van der Waals surface area contributed by atoms with E-state index in [1.165, 1.54) is 12.1 Å². The molecule has 4 aromatic carbocycles. The summed E-state index contributed by atoms with van der Waals surface area (Å²) in [5.74, 6) is -10.3. The molecule has 0 aliphatic rings. The van der Waals surface area contributed by atoms with E-state index in [1.54, 1.807) is 0 Å². The third-order valence-corrected chi connectivity index (χ3v) is 6.24. The SMILES string of the molecule is CCCc1cc(F)c(-c2cc(F)c(/C=C/C(F)(F)Oc3ccc(-c4cc(F)c(F)c(F)c4)c(F)c3)c(F)c2)c(Cl)c1. The second kappa shape index (κ2) is 11.9. The van der Waals surface area contributed by atoms with Gasteiger partial charge < -0.3 is 4.74 Å². The third-order valence-electron chi connectivity index (χ3n) is 5.94. The van der Waals surface area contributed by atoms with Crippen LogP contribution in [-0.4, -0.2) is 6.11 Å². The molecule has 0 bridgehead atoms. The number of halogens is 10. The van der Waals surface area contributed by atoms with Gasteiger partial charge in [0.05, 0.1) is 5.02 Å². The van der Waals surface area contributed by atoms with Crippen LogP contribution in [-0.2, 0) is 6.42 Å². The minimum absolute atomic E-state index is 0.0117. The molecule has 1 nitrogen and oxygen atoms in total. The maximum absolute atomic E-state index is 14.7. The van der Waals surface area contributed by atoms with E-state index in [1.807, 2.05) is 6.92 Å². The van der Waals surface area contributed by atoms with Crippen LogP contribution in [0.5, 0.6) is 5.75 Å². The van der Waals surface area contributed by atoms with Crippen molar-refractivity contribution in [1.82, 2.24) is 0 Å². The summed E-state index contributed by atoms with van der Waals surface area (Å²) in [5.41, 5.74) is -1.64. The molecule has 0 unspecified atom stereocenters. The Morgan fingerprint density at radius 1 is 0.732 bits per heavy atom. The van der Waals surface area contributed by atoms with Crippen LogP contribution in [0.4, 0.5) is 39.5 Å². The van der Waals surface area contributed by atoms with Gasteiger partial charge in [0.1, 0.15) is 29.0 Å². The Kier molecular flexibility index (Phi) is 8.72. The van der Waals surface area contributed by atoms with Crippen molar-refractivity contribution in [3.05, 3.63) is 118 Å². The van der Waals surface area contributed by atoms with E-state index < -0.39 is 69.3 Å². The molecule has 0 saturated carbocycles. The highest BCUT2D eigenvalue weighted by molar-refractivity contribution is 6.33. The summed E-state index contributed by atoms with van der Waals surface area (Å²) in [4.78, 5) is 0. The van der Waals surface area contributed by atoms with E-state index in [0.717, 1.165) is 24.3 Å². The van der Waals surface area contributed by atoms with Crippen molar-refractivity contribution in [2.45, 2.75) is 25.9 Å². The number of ether oxygens (including phenoxy) is 1. The molecular formula is C30H18ClF9O. The van der Waals surface area contributed by atoms with E-state index in [4.69, 9.17) is 11.6 Å². The molecular weight excluding hydrogens is 583 g/mol. The Labute approximate surface area is 233 Å². The topological polar surface area (TPSA) is 9.23 Å². The van der Waals surface area contributed by atoms with Crippen LogP contribution in [0.1, 0.15) is 24.5 Å². The average molecular weight is 601 g/mol. The van der Waals surface area contributed by atoms with Gasteiger partial charge in [-0.05, 0) is 77.7 Å². The lowest BCUT2D eigenvalue weighted by Gasteiger charge is -2.15. The lowest BCUT2D eigenvalue weighted by Crippen LogP contribution is -2.21. The van der Waals surface area contributed by atoms with Gasteiger partial charge in [0.15, 0.2) is 17.5 Å². The summed E-state index contributed by atoms with van der Waals surface area (Å²) in [5, 5.41) is -0.0802. The lowest BCUT2D eigenvalue weighted by molar-refractivity contribution is -0.131. The average Bonchev–Trinajstić information content (AvgIpc) is 2.86. The fourth-order valence-electron chi connectivity index (χ4n) is 4.10. The number of hydrogen-bond donors (Lipinski definition) is 0. The van der Waals surface area contributed by atoms with Crippen molar-refractivity contribution in [3.63, 3.8) is 0 Å². The maximum atomic E-state index is 14.7. The molecule has 0 spiro atoms. The zero-order valence-electron chi connectivity index (χ0n) is 21.0. The molecule has 0 fully saturated rings. The Morgan fingerprint density at radius 3 is 1.90 bits per heavy atom. The van der Waals surface area contributed by atoms with Gasteiger partial charge in [-0.1, -0.05) is 24.9 Å². The minimum Gasteiger partial charge on any atom is -0.429 e. The Bertz CT molecular complexity index is 1580. The number of hydrogen-bond acceptors (Lipinski definition) is 1. The van der Waals surface area contributed by atoms with Crippen molar-refractivity contribution in [2.24, 2.45) is 0 Å². The second-order valence-electron chi connectivity index (χ2n) is 8.93. The molecule has 214 valence electrons. The van der Waals surface area contributed by atoms with Crippen LogP contribution in [0.15, 0.2) is 60.7 Å². The highest BCUT2D eigenvalue weighted by Crippen LogP contribution is 2.35. The second-order valence-corrected chi connectivity index (χ2v) is 9.34. The molecule has 0 saturated heterocycles. The summed E-state index contributed by atoms with van der Waals surface area (Å²) in [7, 11) is 0. The molecule has 0 radical (unpaired) electrons. The third kappa shape index (κ3) is 6.70. The largest absolute Gasteiger partial charge is 0.429 e. The van der Waals surface area contributed by atoms with E-state index in [9.17, 15) is 39.5 Å². The first-order valence-electron chi connectivity index (χ1n) is 12.0. The first-order chi connectivity index (χ1) is 19.3. The first kappa shape index (κ1) is 30.0. The summed E-state index contributed by atoms with van der Waals surface area (Å²) < 4.78 is 132. The minimum atomic E-state index is -4.20. The van der Waals surface area contributed by atoms with Crippen molar-refractivity contribution in [3.8, 4) is 28.0 Å². The summed E-state index contributed by atoms with van der Waals surface area (Å²) in [6.07, 6.45) is -2.55. The summed E-state index contributed by atoms with van der Waals surface area (Å²) >= 11 is 6.13. The molecule has 0 N–H and O–H groups in total. The fraction of sp³-hybridized carbons (Fsp3) is 0.133. The van der Waals surface area contributed by atoms with Crippen molar-refractivity contribution < 1.29 is 44.3 Å². The van der Waals surface area contributed by atoms with E-state index in [0.29, 0.717) is 42.7 Å². The number of rotatable bonds is 8. The van der Waals surface area contributed by atoms with Crippen LogP contribution in [0.3, 0.4) is 0 Å². The molecule has 11 heteroatoms. The molecule has 0 amide bonds. The maximum Gasteiger partial charge on any atom is 0.419 e. The normalized spacial score (nSPS) is 11.9. The van der Waals surface area contributed by atoms with Crippen molar-refractivity contribution in [2.75, 3.05) is 0 Å². The van der Waals surface area contributed by atoms with E-state index >= 15 is 0 Å². The Morgan fingerprint density at radius 2 is 1.34 bits per heavy atom. The number of alkyl halides is 2. The molecule has 0 aliphatic heterocycles. The predicted molar refractivity (Wildman–Crippen MR) is 137 cm³/mol. The highest BCUT2D eigenvalue weighted by Gasteiger charge is 2.29. The van der Waals surface area contributed by atoms with Crippen molar-refractivity contribution >= 4 is 17.7 Å². The Balaban J connectivity index is 1.56. The van der Waals surface area contributed by atoms with Gasteiger partial charge in [0.25, 0.3) is 0 Å². The molecule has 4 aromatic rings. The van der Waals surface area contributed by atoms with Crippen LogP contribution in [0.2, 0.25) is 5.02 Å². The molecule has 0 aliphatic carbocycles. The number of aryl methyl sites for hydroxylation is 1. The quantitative estimate of drug-likeness (QED) is 0.144. The van der Waals surface area contributed by atoms with Gasteiger partial charge in [-0.3, -0.25) is 0 Å². The van der Waals surface area contributed by atoms with Crippen LogP contribution < -0.4 is 4.74 Å². The van der Waals surface area contributed by atoms with Crippen molar-refractivity contribution in [1.29, 1.82) is 0 Å². The molecule has 0 aromatic heterocycles. The zero-order chi connectivity index (χ0) is 30.1. The predicted octanol–water partition coefficient (Wildman–Crippen LogP) is 10.3. The van der Waals surface area contributed by atoms with Gasteiger partial charge in [-0.25, -0.2) is 30.7 Å².